The Kier molecular flexibility index (Phi) is 7.27. The first-order valence-electron chi connectivity index (χ1n) is 9.96. The molecular formula is C25H29ClN2. The fourth-order valence-electron chi connectivity index (χ4n) is 4.21. The van der Waals surface area contributed by atoms with Crippen LogP contribution in [0.25, 0.3) is 0 Å². The molecule has 1 unspecified atom stereocenters. The van der Waals surface area contributed by atoms with Crippen LogP contribution in [0.5, 0.6) is 0 Å². The Bertz CT molecular complexity index is 775. The van der Waals surface area contributed by atoms with E-state index in [1.165, 1.54) is 16.7 Å². The lowest BCUT2D eigenvalue weighted by Gasteiger charge is -2.42. The van der Waals surface area contributed by atoms with Crippen LogP contribution in [0, 0.1) is 0 Å². The normalized spacial score (nSPS) is 16.5. The number of hydrogen-bond acceptors (Lipinski definition) is 2. The lowest BCUT2D eigenvalue weighted by molar-refractivity contribution is 0.0839. The minimum Gasteiger partial charge on any atom is -0.294 e. The summed E-state index contributed by atoms with van der Waals surface area (Å²) >= 11 is 0. The highest BCUT2D eigenvalue weighted by atomic mass is 35.5. The van der Waals surface area contributed by atoms with Gasteiger partial charge in [-0.25, -0.2) is 0 Å². The maximum absolute atomic E-state index is 2.64. The van der Waals surface area contributed by atoms with Gasteiger partial charge in [-0.3, -0.25) is 9.80 Å². The van der Waals surface area contributed by atoms with Crippen molar-refractivity contribution >= 4 is 12.4 Å². The van der Waals surface area contributed by atoms with Crippen LogP contribution in [0.15, 0.2) is 91.0 Å². The Morgan fingerprint density at radius 3 is 1.32 bits per heavy atom. The predicted octanol–water partition coefficient (Wildman–Crippen LogP) is 5.58. The minimum absolute atomic E-state index is 0. The summed E-state index contributed by atoms with van der Waals surface area (Å²) in [6, 6.07) is 33.5. The van der Waals surface area contributed by atoms with E-state index in [1.54, 1.807) is 0 Å². The van der Waals surface area contributed by atoms with Crippen molar-refractivity contribution in [1.82, 2.24) is 9.80 Å². The van der Waals surface area contributed by atoms with Crippen LogP contribution in [0.2, 0.25) is 0 Å². The van der Waals surface area contributed by atoms with Crippen molar-refractivity contribution in [2.24, 2.45) is 0 Å². The summed E-state index contributed by atoms with van der Waals surface area (Å²) in [5.74, 6) is 0. The third-order valence-electron chi connectivity index (χ3n) is 5.77. The molecule has 1 heterocycles. The molecule has 1 aliphatic heterocycles. The molecule has 1 fully saturated rings. The average molecular weight is 393 g/mol. The summed E-state index contributed by atoms with van der Waals surface area (Å²) in [7, 11) is 0. The van der Waals surface area contributed by atoms with Gasteiger partial charge in [-0.1, -0.05) is 91.0 Å². The summed E-state index contributed by atoms with van der Waals surface area (Å²) in [5.41, 5.74) is 4.18. The average Bonchev–Trinajstić information content (AvgIpc) is 2.76. The first-order valence-corrected chi connectivity index (χ1v) is 9.96. The highest BCUT2D eigenvalue weighted by molar-refractivity contribution is 5.85. The molecule has 0 N–H and O–H groups in total. The fraction of sp³-hybridized carbons (Fsp3) is 0.280. The molecule has 28 heavy (non-hydrogen) atoms. The number of hydrogen-bond donors (Lipinski definition) is 0. The topological polar surface area (TPSA) is 6.48 Å². The van der Waals surface area contributed by atoms with Crippen molar-refractivity contribution in [3.63, 3.8) is 0 Å². The third kappa shape index (κ3) is 4.64. The SMILES string of the molecule is CC(c1ccccc1)N1CCN(C(c2ccccc2)c2ccccc2)CC1.Cl. The molecule has 1 saturated heterocycles. The second kappa shape index (κ2) is 9.88. The van der Waals surface area contributed by atoms with E-state index in [2.05, 4.69) is 108 Å². The molecule has 0 saturated carbocycles. The van der Waals surface area contributed by atoms with Gasteiger partial charge in [-0.05, 0) is 23.6 Å². The van der Waals surface area contributed by atoms with E-state index < -0.39 is 0 Å². The van der Waals surface area contributed by atoms with Crippen molar-refractivity contribution in [1.29, 1.82) is 0 Å². The summed E-state index contributed by atoms with van der Waals surface area (Å²) < 4.78 is 0. The lowest BCUT2D eigenvalue weighted by atomic mass is 9.96. The molecule has 0 aromatic heterocycles. The van der Waals surface area contributed by atoms with Gasteiger partial charge in [0.15, 0.2) is 0 Å². The molecule has 146 valence electrons. The third-order valence-corrected chi connectivity index (χ3v) is 5.77. The number of rotatable bonds is 5. The van der Waals surface area contributed by atoms with E-state index in [0.717, 1.165) is 26.2 Å². The quantitative estimate of drug-likeness (QED) is 0.559. The second-order valence-electron chi connectivity index (χ2n) is 7.38. The summed E-state index contributed by atoms with van der Waals surface area (Å²) in [6.07, 6.45) is 0. The molecule has 3 aromatic rings. The molecule has 1 aliphatic rings. The van der Waals surface area contributed by atoms with E-state index >= 15 is 0 Å². The number of piperazine rings is 1. The van der Waals surface area contributed by atoms with Crippen molar-refractivity contribution in [3.8, 4) is 0 Å². The standard InChI is InChI=1S/C25H28N2.ClH/c1-21(22-11-5-2-6-12-22)26-17-19-27(20-18-26)25(23-13-7-3-8-14-23)24-15-9-4-10-16-24;/h2-16,21,25H,17-20H2,1H3;1H. The van der Waals surface area contributed by atoms with Crippen LogP contribution >= 0.6 is 12.4 Å². The largest absolute Gasteiger partial charge is 0.294 e. The zero-order valence-electron chi connectivity index (χ0n) is 16.4. The highest BCUT2D eigenvalue weighted by Gasteiger charge is 2.28. The van der Waals surface area contributed by atoms with Gasteiger partial charge in [-0.2, -0.15) is 0 Å². The van der Waals surface area contributed by atoms with Gasteiger partial charge in [0.2, 0.25) is 0 Å². The van der Waals surface area contributed by atoms with Gasteiger partial charge in [0.05, 0.1) is 6.04 Å². The smallest absolute Gasteiger partial charge is 0.0602 e. The summed E-state index contributed by atoms with van der Waals surface area (Å²) in [5, 5.41) is 0. The molecule has 0 aliphatic carbocycles. The molecular weight excluding hydrogens is 364 g/mol. The molecule has 0 amide bonds. The fourth-order valence-corrected chi connectivity index (χ4v) is 4.21. The predicted molar refractivity (Wildman–Crippen MR) is 120 cm³/mol. The van der Waals surface area contributed by atoms with Crippen LogP contribution < -0.4 is 0 Å². The van der Waals surface area contributed by atoms with Crippen molar-refractivity contribution < 1.29 is 0 Å². The molecule has 4 rings (SSSR count). The first-order chi connectivity index (χ1) is 13.3. The Balaban J connectivity index is 0.00000225. The Morgan fingerprint density at radius 2 is 0.893 bits per heavy atom. The highest BCUT2D eigenvalue weighted by Crippen LogP contribution is 2.31. The van der Waals surface area contributed by atoms with Crippen LogP contribution in [0.4, 0.5) is 0 Å². The van der Waals surface area contributed by atoms with Crippen molar-refractivity contribution in [3.05, 3.63) is 108 Å². The monoisotopic (exact) mass is 392 g/mol. The molecule has 3 aromatic carbocycles. The van der Waals surface area contributed by atoms with Crippen LogP contribution in [-0.2, 0) is 0 Å². The van der Waals surface area contributed by atoms with E-state index in [-0.39, 0.29) is 12.4 Å². The number of benzene rings is 3. The van der Waals surface area contributed by atoms with E-state index in [4.69, 9.17) is 0 Å². The van der Waals surface area contributed by atoms with Crippen molar-refractivity contribution in [2.75, 3.05) is 26.2 Å². The number of halogens is 1. The molecule has 3 heteroatoms. The molecule has 0 spiro atoms. The summed E-state index contributed by atoms with van der Waals surface area (Å²) in [4.78, 5) is 5.25. The molecule has 0 bridgehead atoms. The van der Waals surface area contributed by atoms with Gasteiger partial charge < -0.3 is 0 Å². The second-order valence-corrected chi connectivity index (χ2v) is 7.38. The van der Waals surface area contributed by atoms with Crippen molar-refractivity contribution in [2.45, 2.75) is 19.0 Å². The van der Waals surface area contributed by atoms with Gasteiger partial charge in [-0.15, -0.1) is 12.4 Å². The van der Waals surface area contributed by atoms with Gasteiger partial charge in [0.1, 0.15) is 0 Å². The zero-order valence-corrected chi connectivity index (χ0v) is 17.3. The maximum atomic E-state index is 2.64. The van der Waals surface area contributed by atoms with Crippen LogP contribution in [0.1, 0.15) is 35.7 Å². The zero-order chi connectivity index (χ0) is 18.5. The summed E-state index contributed by atoms with van der Waals surface area (Å²) in [6.45, 7) is 6.71. The maximum Gasteiger partial charge on any atom is 0.0602 e. The van der Waals surface area contributed by atoms with E-state index in [1.807, 2.05) is 0 Å². The lowest BCUT2D eigenvalue weighted by Crippen LogP contribution is -2.48. The Labute approximate surface area is 175 Å². The first kappa shape index (κ1) is 20.6. The van der Waals surface area contributed by atoms with E-state index in [9.17, 15) is 0 Å². The molecule has 0 radical (unpaired) electrons. The van der Waals surface area contributed by atoms with Gasteiger partial charge in [0, 0.05) is 32.2 Å². The van der Waals surface area contributed by atoms with Crippen LogP contribution in [-0.4, -0.2) is 36.0 Å². The molecule has 1 atom stereocenters. The molecule has 2 nitrogen and oxygen atoms in total. The van der Waals surface area contributed by atoms with Crippen LogP contribution in [0.3, 0.4) is 0 Å². The minimum atomic E-state index is 0. The Morgan fingerprint density at radius 1 is 0.536 bits per heavy atom. The number of nitrogens with zero attached hydrogens (tertiary/aromatic N) is 2. The van der Waals surface area contributed by atoms with Gasteiger partial charge in [0.25, 0.3) is 0 Å². The van der Waals surface area contributed by atoms with E-state index in [0.29, 0.717) is 12.1 Å². The van der Waals surface area contributed by atoms with Gasteiger partial charge >= 0.3 is 0 Å². The Hall–Kier alpha value is -2.13.